The SMILES string of the molecule is COc1ccc(Cc2csc(N3CCN(S(=O)(=O)c4cc(Br)ccc4OC)CC3)n2)cc1OC.COc1ccc(OC)c(Cc2csc(N3CCN(S(=O)(=O)c4cc(Br)ccc4OC)CC3)n2)c1. The average molecular weight is 1140 g/mol. The Morgan fingerprint density at radius 3 is 1.40 bits per heavy atom. The lowest BCUT2D eigenvalue weighted by atomic mass is 10.1. The number of hydrogen-bond acceptors (Lipinski definition) is 16. The van der Waals surface area contributed by atoms with Crippen LogP contribution in [-0.4, -0.2) is 130 Å². The van der Waals surface area contributed by atoms with Crippen molar-refractivity contribution in [1.29, 1.82) is 0 Å². The van der Waals surface area contributed by atoms with Crippen LogP contribution in [0.4, 0.5) is 10.3 Å². The van der Waals surface area contributed by atoms with Gasteiger partial charge < -0.3 is 38.2 Å². The number of thiazole rings is 2. The number of benzene rings is 4. The van der Waals surface area contributed by atoms with Crippen molar-refractivity contribution in [3.63, 3.8) is 0 Å². The maximum Gasteiger partial charge on any atom is 0.246 e. The van der Waals surface area contributed by atoms with Crippen molar-refractivity contribution in [2.75, 3.05) is 105 Å². The van der Waals surface area contributed by atoms with E-state index in [-0.39, 0.29) is 9.79 Å². The highest BCUT2D eigenvalue weighted by Crippen LogP contribution is 2.35. The number of ether oxygens (including phenoxy) is 6. The second kappa shape index (κ2) is 22.8. The topological polar surface area (TPSA) is 162 Å². The Morgan fingerprint density at radius 2 is 0.941 bits per heavy atom. The molecule has 68 heavy (non-hydrogen) atoms. The molecule has 0 bridgehead atoms. The molecule has 0 amide bonds. The minimum absolute atomic E-state index is 0.168. The molecule has 0 radical (unpaired) electrons. The number of aromatic nitrogens is 2. The van der Waals surface area contributed by atoms with Gasteiger partial charge in [-0.1, -0.05) is 37.9 Å². The van der Waals surface area contributed by atoms with Gasteiger partial charge in [-0.05, 0) is 72.3 Å². The van der Waals surface area contributed by atoms with Crippen LogP contribution in [0.25, 0.3) is 0 Å². The summed E-state index contributed by atoms with van der Waals surface area (Å²) in [7, 11) is 2.13. The van der Waals surface area contributed by atoms with Crippen LogP contribution in [0.1, 0.15) is 22.5 Å². The van der Waals surface area contributed by atoms with Crippen LogP contribution in [0.2, 0.25) is 0 Å². The van der Waals surface area contributed by atoms with Gasteiger partial charge in [0.1, 0.15) is 32.8 Å². The zero-order valence-electron chi connectivity index (χ0n) is 38.3. The maximum absolute atomic E-state index is 13.3. The van der Waals surface area contributed by atoms with Gasteiger partial charge in [0.25, 0.3) is 0 Å². The average Bonchev–Trinajstić information content (AvgIpc) is 4.04. The Hall–Kier alpha value is -4.68. The number of rotatable bonds is 16. The van der Waals surface area contributed by atoms with Crippen LogP contribution >= 0.6 is 54.5 Å². The van der Waals surface area contributed by atoms with Crippen LogP contribution in [0.3, 0.4) is 0 Å². The molecule has 0 saturated carbocycles. The summed E-state index contributed by atoms with van der Waals surface area (Å²) in [6.07, 6.45) is 1.29. The number of anilines is 2. The molecule has 0 unspecified atom stereocenters. The lowest BCUT2D eigenvalue weighted by Gasteiger charge is -2.34. The second-order valence-electron chi connectivity index (χ2n) is 15.3. The summed E-state index contributed by atoms with van der Waals surface area (Å²) in [5, 5.41) is 5.85. The van der Waals surface area contributed by atoms with E-state index in [0.29, 0.717) is 97.1 Å². The van der Waals surface area contributed by atoms with Gasteiger partial charge in [0.2, 0.25) is 20.0 Å². The molecular formula is C46H52Br2N6O10S4. The number of hydrogen-bond donors (Lipinski definition) is 0. The van der Waals surface area contributed by atoms with E-state index in [9.17, 15) is 16.8 Å². The fraction of sp³-hybridized carbons (Fsp3) is 0.348. The monoisotopic (exact) mass is 1130 g/mol. The van der Waals surface area contributed by atoms with Gasteiger partial charge in [0.05, 0.1) is 54.0 Å². The molecule has 0 aliphatic carbocycles. The molecule has 2 aliphatic rings. The minimum atomic E-state index is -3.67. The summed E-state index contributed by atoms with van der Waals surface area (Å²) < 4.78 is 89.5. The van der Waals surface area contributed by atoms with Gasteiger partial charge in [0, 0.05) is 90.5 Å². The summed E-state index contributed by atoms with van der Waals surface area (Å²) in [6, 6.07) is 21.6. The molecule has 6 aromatic rings. The first-order valence-electron chi connectivity index (χ1n) is 21.2. The molecule has 2 aromatic heterocycles. The van der Waals surface area contributed by atoms with Gasteiger partial charge in [-0.15, -0.1) is 22.7 Å². The first-order chi connectivity index (χ1) is 32.7. The zero-order valence-corrected chi connectivity index (χ0v) is 44.7. The van der Waals surface area contributed by atoms with E-state index in [1.807, 2.05) is 47.2 Å². The van der Waals surface area contributed by atoms with Crippen molar-refractivity contribution < 1.29 is 45.3 Å². The van der Waals surface area contributed by atoms with E-state index in [2.05, 4.69) is 41.7 Å². The normalized spacial score (nSPS) is 14.8. The third-order valence-electron chi connectivity index (χ3n) is 11.3. The number of piperazine rings is 2. The van der Waals surface area contributed by atoms with Crippen molar-refractivity contribution in [2.24, 2.45) is 0 Å². The predicted molar refractivity (Wildman–Crippen MR) is 272 cm³/mol. The van der Waals surface area contributed by atoms with E-state index in [1.54, 1.807) is 87.5 Å². The Morgan fingerprint density at radius 1 is 0.500 bits per heavy atom. The third kappa shape index (κ3) is 11.8. The van der Waals surface area contributed by atoms with Crippen LogP contribution in [0.5, 0.6) is 34.5 Å². The Kier molecular flexibility index (Phi) is 17.2. The van der Waals surface area contributed by atoms with Crippen molar-refractivity contribution in [3.8, 4) is 34.5 Å². The first-order valence-corrected chi connectivity index (χ1v) is 27.4. The highest BCUT2D eigenvalue weighted by atomic mass is 79.9. The lowest BCUT2D eigenvalue weighted by Crippen LogP contribution is -2.48. The first kappa shape index (κ1) is 51.2. The minimum Gasteiger partial charge on any atom is -0.497 e. The van der Waals surface area contributed by atoms with Crippen LogP contribution in [0.15, 0.2) is 102 Å². The van der Waals surface area contributed by atoms with E-state index < -0.39 is 20.0 Å². The standard InChI is InChI=1S/2C23H26BrN3O5S2/c1-30-19-5-7-20(31-2)16(13-19)12-18-15-33-23(25-18)26-8-10-27(11-9-26)34(28,29)22-14-17(24)4-6-21(22)32-3;1-30-19-6-4-16(13-21(19)32-3)12-18-15-33-23(25-18)26-8-10-27(11-9-26)34(28,29)22-14-17(24)5-7-20(22)31-2/h2*4-7,13-15H,8-12H2,1-3H3. The highest BCUT2D eigenvalue weighted by molar-refractivity contribution is 9.10. The van der Waals surface area contributed by atoms with Gasteiger partial charge >= 0.3 is 0 Å². The Balaban J connectivity index is 0.000000201. The molecule has 2 fully saturated rings. The van der Waals surface area contributed by atoms with Crippen molar-refractivity contribution >= 4 is 84.8 Å². The number of methoxy groups -OCH3 is 6. The fourth-order valence-corrected chi connectivity index (χ4v) is 13.7. The number of nitrogens with zero attached hydrogens (tertiary/aromatic N) is 6. The lowest BCUT2D eigenvalue weighted by molar-refractivity contribution is 0.354. The van der Waals surface area contributed by atoms with E-state index in [0.717, 1.165) is 44.3 Å². The van der Waals surface area contributed by atoms with E-state index in [1.165, 1.54) is 22.8 Å². The second-order valence-corrected chi connectivity index (χ2v) is 22.7. The molecule has 0 atom stereocenters. The smallest absolute Gasteiger partial charge is 0.246 e. The zero-order chi connectivity index (χ0) is 48.6. The van der Waals surface area contributed by atoms with E-state index >= 15 is 0 Å². The van der Waals surface area contributed by atoms with Gasteiger partial charge in [-0.3, -0.25) is 0 Å². The molecule has 0 N–H and O–H groups in total. The Bertz CT molecular complexity index is 2900. The summed E-state index contributed by atoms with van der Waals surface area (Å²) >= 11 is 9.84. The molecule has 0 spiro atoms. The molecule has 4 aromatic carbocycles. The summed E-state index contributed by atoms with van der Waals surface area (Å²) in [5.41, 5.74) is 3.97. The third-order valence-corrected chi connectivity index (χ3v) is 18.0. The highest BCUT2D eigenvalue weighted by Gasteiger charge is 2.33. The number of halogens is 2. The molecule has 2 saturated heterocycles. The summed E-state index contributed by atoms with van der Waals surface area (Å²) in [6.45, 7) is 3.76. The van der Waals surface area contributed by atoms with Gasteiger partial charge in [-0.2, -0.15) is 8.61 Å². The molecule has 22 heteroatoms. The number of sulfonamides is 2. The molecule has 2 aliphatic heterocycles. The summed E-state index contributed by atoms with van der Waals surface area (Å²) in [4.78, 5) is 14.2. The van der Waals surface area contributed by atoms with Crippen molar-refractivity contribution in [2.45, 2.75) is 22.6 Å². The van der Waals surface area contributed by atoms with Gasteiger partial charge in [0.15, 0.2) is 21.8 Å². The summed E-state index contributed by atoms with van der Waals surface area (Å²) in [5.74, 6) is 3.62. The van der Waals surface area contributed by atoms with Gasteiger partial charge in [-0.25, -0.2) is 26.8 Å². The maximum atomic E-state index is 13.3. The molecule has 364 valence electrons. The van der Waals surface area contributed by atoms with Crippen LogP contribution in [-0.2, 0) is 32.9 Å². The Labute approximate surface area is 422 Å². The van der Waals surface area contributed by atoms with Crippen LogP contribution in [0, 0.1) is 0 Å². The molecular weight excluding hydrogens is 1080 g/mol. The van der Waals surface area contributed by atoms with Crippen molar-refractivity contribution in [1.82, 2.24) is 18.6 Å². The molecule has 8 rings (SSSR count). The van der Waals surface area contributed by atoms with E-state index in [4.69, 9.17) is 38.4 Å². The predicted octanol–water partition coefficient (Wildman–Crippen LogP) is 8.07. The fourth-order valence-electron chi connectivity index (χ4n) is 7.68. The molecule has 4 heterocycles. The van der Waals surface area contributed by atoms with Crippen LogP contribution < -0.4 is 38.2 Å². The molecule has 16 nitrogen and oxygen atoms in total. The quantitative estimate of drug-likeness (QED) is 0.0915. The van der Waals surface area contributed by atoms with Crippen molar-refractivity contribution in [3.05, 3.63) is 115 Å². The largest absolute Gasteiger partial charge is 0.497 e.